The monoisotopic (exact) mass is 315 g/mol. The van der Waals surface area contributed by atoms with E-state index in [9.17, 15) is 9.90 Å². The summed E-state index contributed by atoms with van der Waals surface area (Å²) in [5.41, 5.74) is 1.93. The lowest BCUT2D eigenvalue weighted by atomic mass is 10.1. The summed E-state index contributed by atoms with van der Waals surface area (Å²) in [5.74, 6) is -0.175. The molecule has 0 aliphatic carbocycles. The van der Waals surface area contributed by atoms with E-state index in [1.807, 2.05) is 30.3 Å². The Bertz CT molecular complexity index is 613. The van der Waals surface area contributed by atoms with Crippen molar-refractivity contribution >= 4 is 5.97 Å². The summed E-state index contributed by atoms with van der Waals surface area (Å²) in [5, 5.41) is 10.9. The summed E-state index contributed by atoms with van der Waals surface area (Å²) >= 11 is 0. The first kappa shape index (κ1) is 17.0. The van der Waals surface area contributed by atoms with E-state index in [1.165, 1.54) is 12.2 Å². The molecule has 0 radical (unpaired) electrons. The molecule has 2 aromatic rings. The van der Waals surface area contributed by atoms with Gasteiger partial charge in [0.15, 0.2) is 0 Å². The maximum atomic E-state index is 12.0. The van der Waals surface area contributed by atoms with Gasteiger partial charge in [0, 0.05) is 13.5 Å². The Balaban J connectivity index is 2.01. The lowest BCUT2D eigenvalue weighted by Gasteiger charge is -2.25. The predicted molar refractivity (Wildman–Crippen MR) is 86.6 cm³/mol. The molecule has 0 fully saturated rings. The Morgan fingerprint density at radius 2 is 1.74 bits per heavy atom. The number of hydrogen-bond donors (Lipinski definition) is 1. The van der Waals surface area contributed by atoms with Crippen molar-refractivity contribution in [3.05, 3.63) is 65.7 Å². The summed E-state index contributed by atoms with van der Waals surface area (Å²) in [4.78, 5) is 17.7. The molecule has 2 rings (SSSR count). The van der Waals surface area contributed by atoms with Crippen LogP contribution < -0.4 is 0 Å². The first-order chi connectivity index (χ1) is 11.1. The molecule has 0 bridgehead atoms. The van der Waals surface area contributed by atoms with Gasteiger partial charge >= 0.3 is 5.97 Å². The van der Waals surface area contributed by atoms with Gasteiger partial charge in [-0.15, -0.1) is 0 Å². The van der Waals surface area contributed by atoms with Gasteiger partial charge < -0.3 is 9.84 Å². The quantitative estimate of drug-likeness (QED) is 0.628. The number of methoxy groups -OCH3 is 1. The van der Waals surface area contributed by atoms with Gasteiger partial charge in [-0.1, -0.05) is 42.5 Å². The second kappa shape index (κ2) is 8.31. The molecule has 0 spiro atoms. The van der Waals surface area contributed by atoms with Crippen molar-refractivity contribution < 1.29 is 19.5 Å². The number of nitrogens with zero attached hydrogens (tertiary/aromatic N) is 1. The number of esters is 1. The zero-order valence-electron chi connectivity index (χ0n) is 13.3. The van der Waals surface area contributed by atoms with Crippen LogP contribution in [0.15, 0.2) is 54.6 Å². The van der Waals surface area contributed by atoms with Crippen LogP contribution in [0.4, 0.5) is 0 Å². The number of ether oxygens (including phenoxy) is 1. The molecule has 0 aliphatic rings. The van der Waals surface area contributed by atoms with Gasteiger partial charge in [0.05, 0.1) is 13.7 Å². The van der Waals surface area contributed by atoms with Crippen molar-refractivity contribution in [1.29, 1.82) is 0 Å². The molecule has 0 saturated carbocycles. The van der Waals surface area contributed by atoms with Crippen LogP contribution in [0.25, 0.3) is 0 Å². The average molecular weight is 315 g/mol. The molecule has 5 nitrogen and oxygen atoms in total. The molecule has 0 aliphatic heterocycles. The first-order valence-electron chi connectivity index (χ1n) is 7.35. The second-order valence-corrected chi connectivity index (χ2v) is 5.21. The number of phenols is 1. The topological polar surface area (TPSA) is 59.0 Å². The van der Waals surface area contributed by atoms with Crippen LogP contribution in [-0.4, -0.2) is 36.3 Å². The van der Waals surface area contributed by atoms with Crippen LogP contribution in [0.3, 0.4) is 0 Å². The molecule has 1 atom stereocenters. The molecule has 5 heteroatoms. The van der Waals surface area contributed by atoms with Crippen LogP contribution in [0, 0.1) is 0 Å². The lowest BCUT2D eigenvalue weighted by Crippen LogP contribution is -2.40. The highest BCUT2D eigenvalue weighted by Gasteiger charge is 2.25. The Morgan fingerprint density at radius 3 is 2.35 bits per heavy atom. The summed E-state index contributed by atoms with van der Waals surface area (Å²) in [6, 6.07) is 15.9. The fourth-order valence-electron chi connectivity index (χ4n) is 2.19. The molecule has 0 saturated heterocycles. The number of carbonyl (C=O) groups excluding carboxylic acids is 1. The van der Waals surface area contributed by atoms with Crippen LogP contribution in [0.5, 0.6) is 5.75 Å². The van der Waals surface area contributed by atoms with Gasteiger partial charge in [-0.25, -0.2) is 0 Å². The molecular weight excluding hydrogens is 294 g/mol. The summed E-state index contributed by atoms with van der Waals surface area (Å²) < 4.78 is 4.87. The van der Waals surface area contributed by atoms with Crippen LogP contribution in [0.1, 0.15) is 11.1 Å². The predicted octanol–water partition coefficient (Wildman–Crippen LogP) is 2.54. The standard InChI is InChI=1S/C18H21NO4/c1-19(23-13-15-6-4-3-5-7-15)17(18(21)22-2)12-14-8-10-16(20)11-9-14/h3-11,17,20H,12-13H2,1-2H3/t17-/m0/s1. The fraction of sp³-hybridized carbons (Fsp3) is 0.278. The Kier molecular flexibility index (Phi) is 6.14. The molecule has 0 amide bonds. The highest BCUT2D eigenvalue weighted by molar-refractivity contribution is 5.75. The number of hydrogen-bond acceptors (Lipinski definition) is 5. The minimum atomic E-state index is -0.562. The van der Waals surface area contributed by atoms with Gasteiger partial charge in [-0.2, -0.15) is 5.06 Å². The number of rotatable bonds is 7. The molecule has 23 heavy (non-hydrogen) atoms. The Hall–Kier alpha value is -2.37. The van der Waals surface area contributed by atoms with E-state index in [0.717, 1.165) is 11.1 Å². The number of phenolic OH excluding ortho intramolecular Hbond substituents is 1. The van der Waals surface area contributed by atoms with Crippen molar-refractivity contribution in [3.63, 3.8) is 0 Å². The zero-order chi connectivity index (χ0) is 16.7. The second-order valence-electron chi connectivity index (χ2n) is 5.21. The zero-order valence-corrected chi connectivity index (χ0v) is 13.3. The molecule has 2 aromatic carbocycles. The molecular formula is C18H21NO4. The highest BCUT2D eigenvalue weighted by Crippen LogP contribution is 2.15. The van der Waals surface area contributed by atoms with E-state index in [2.05, 4.69) is 0 Å². The largest absolute Gasteiger partial charge is 0.508 e. The number of hydroxylamine groups is 2. The van der Waals surface area contributed by atoms with Crippen molar-refractivity contribution in [3.8, 4) is 5.75 Å². The molecule has 0 aromatic heterocycles. The van der Waals surface area contributed by atoms with Crippen LogP contribution >= 0.6 is 0 Å². The lowest BCUT2D eigenvalue weighted by molar-refractivity contribution is -0.195. The number of aromatic hydroxyl groups is 1. The number of benzene rings is 2. The van der Waals surface area contributed by atoms with Gasteiger partial charge in [-0.05, 0) is 23.3 Å². The van der Waals surface area contributed by atoms with Gasteiger partial charge in [0.25, 0.3) is 0 Å². The van der Waals surface area contributed by atoms with Crippen LogP contribution in [-0.2, 0) is 27.4 Å². The third kappa shape index (κ3) is 5.09. The SMILES string of the molecule is COC(=O)[C@H](Cc1ccc(O)cc1)N(C)OCc1ccccc1. The summed E-state index contributed by atoms with van der Waals surface area (Å²) in [6.45, 7) is 0.375. The Morgan fingerprint density at radius 1 is 1.09 bits per heavy atom. The maximum absolute atomic E-state index is 12.0. The summed E-state index contributed by atoms with van der Waals surface area (Å²) in [6.07, 6.45) is 0.429. The minimum Gasteiger partial charge on any atom is -0.508 e. The molecule has 1 N–H and O–H groups in total. The Labute approximate surface area is 136 Å². The molecule has 122 valence electrons. The van der Waals surface area contributed by atoms with E-state index in [4.69, 9.17) is 9.57 Å². The molecule has 0 unspecified atom stereocenters. The van der Waals surface area contributed by atoms with E-state index >= 15 is 0 Å². The smallest absolute Gasteiger partial charge is 0.325 e. The van der Waals surface area contributed by atoms with E-state index in [1.54, 1.807) is 31.3 Å². The maximum Gasteiger partial charge on any atom is 0.325 e. The van der Waals surface area contributed by atoms with Crippen LogP contribution in [0.2, 0.25) is 0 Å². The number of carbonyl (C=O) groups is 1. The number of likely N-dealkylation sites (N-methyl/N-ethyl adjacent to an activating group) is 1. The molecule has 0 heterocycles. The average Bonchev–Trinajstić information content (AvgIpc) is 2.59. The van der Waals surface area contributed by atoms with E-state index in [0.29, 0.717) is 13.0 Å². The third-order valence-electron chi connectivity index (χ3n) is 3.56. The normalized spacial score (nSPS) is 12.1. The van der Waals surface area contributed by atoms with Crippen molar-refractivity contribution in [1.82, 2.24) is 5.06 Å². The van der Waals surface area contributed by atoms with E-state index < -0.39 is 6.04 Å². The van der Waals surface area contributed by atoms with E-state index in [-0.39, 0.29) is 11.7 Å². The van der Waals surface area contributed by atoms with Crippen molar-refractivity contribution in [2.75, 3.05) is 14.2 Å². The fourth-order valence-corrected chi connectivity index (χ4v) is 2.19. The van der Waals surface area contributed by atoms with Crippen molar-refractivity contribution in [2.45, 2.75) is 19.1 Å². The van der Waals surface area contributed by atoms with Crippen molar-refractivity contribution in [2.24, 2.45) is 0 Å². The highest BCUT2D eigenvalue weighted by atomic mass is 16.7. The van der Waals surface area contributed by atoms with Gasteiger partial charge in [0.1, 0.15) is 11.8 Å². The first-order valence-corrected chi connectivity index (χ1v) is 7.35. The third-order valence-corrected chi connectivity index (χ3v) is 3.56. The summed E-state index contributed by atoms with van der Waals surface area (Å²) in [7, 11) is 3.07. The minimum absolute atomic E-state index is 0.192. The van der Waals surface area contributed by atoms with Gasteiger partial charge in [0.2, 0.25) is 0 Å². The van der Waals surface area contributed by atoms with Gasteiger partial charge in [-0.3, -0.25) is 9.63 Å².